The van der Waals surface area contributed by atoms with Crippen LogP contribution in [0.5, 0.6) is 0 Å². The number of nitrogens with two attached hydrogens (primary N) is 1. The maximum Gasteiger partial charge on any atom is 0.00793 e. The van der Waals surface area contributed by atoms with E-state index in [9.17, 15) is 0 Å². The van der Waals surface area contributed by atoms with Crippen molar-refractivity contribution < 1.29 is 0 Å². The zero-order chi connectivity index (χ0) is 13.4. The average Bonchev–Trinajstić information content (AvgIpc) is 3.22. The minimum absolute atomic E-state index is 0.460. The zero-order valence-corrected chi connectivity index (χ0v) is 12.7. The van der Waals surface area contributed by atoms with E-state index in [2.05, 4.69) is 30.6 Å². The molecule has 1 aliphatic carbocycles. The van der Waals surface area contributed by atoms with E-state index in [1.807, 2.05) is 0 Å². The van der Waals surface area contributed by atoms with Crippen molar-refractivity contribution in [1.82, 2.24) is 9.80 Å². The second kappa shape index (κ2) is 8.89. The van der Waals surface area contributed by atoms with Crippen LogP contribution in [-0.4, -0.2) is 55.1 Å². The number of nitrogens with zero attached hydrogens (tertiary/aromatic N) is 2. The van der Waals surface area contributed by atoms with Gasteiger partial charge in [-0.05, 0) is 70.9 Å². The van der Waals surface area contributed by atoms with Gasteiger partial charge < -0.3 is 15.5 Å². The molecule has 0 spiro atoms. The highest BCUT2D eigenvalue weighted by molar-refractivity contribution is 4.84. The highest BCUT2D eigenvalue weighted by atomic mass is 15.1. The summed E-state index contributed by atoms with van der Waals surface area (Å²) < 4.78 is 0. The number of hydrogen-bond donors (Lipinski definition) is 1. The van der Waals surface area contributed by atoms with Gasteiger partial charge in [0.25, 0.3) is 0 Å². The normalized spacial score (nSPS) is 17.7. The van der Waals surface area contributed by atoms with Crippen molar-refractivity contribution in [3.8, 4) is 0 Å². The van der Waals surface area contributed by atoms with Gasteiger partial charge in [-0.3, -0.25) is 0 Å². The van der Waals surface area contributed by atoms with Crippen molar-refractivity contribution in [3.05, 3.63) is 0 Å². The lowest BCUT2D eigenvalue weighted by Crippen LogP contribution is -2.34. The molecule has 0 saturated heterocycles. The molecule has 1 fully saturated rings. The predicted molar refractivity (Wildman–Crippen MR) is 79.8 cm³/mol. The van der Waals surface area contributed by atoms with Crippen molar-refractivity contribution >= 4 is 0 Å². The van der Waals surface area contributed by atoms with Crippen LogP contribution < -0.4 is 5.73 Å². The fourth-order valence-electron chi connectivity index (χ4n) is 2.58. The summed E-state index contributed by atoms with van der Waals surface area (Å²) in [5, 5.41) is 0. The molecule has 1 atom stereocenters. The Kier molecular flexibility index (Phi) is 7.87. The summed E-state index contributed by atoms with van der Waals surface area (Å²) in [4.78, 5) is 5.06. The molecule has 18 heavy (non-hydrogen) atoms. The first kappa shape index (κ1) is 15.9. The highest BCUT2D eigenvalue weighted by Crippen LogP contribution is 2.32. The van der Waals surface area contributed by atoms with Crippen LogP contribution in [0.3, 0.4) is 0 Å². The summed E-state index contributed by atoms with van der Waals surface area (Å²) in [6.45, 7) is 13.9. The second-order valence-corrected chi connectivity index (χ2v) is 5.60. The average molecular weight is 255 g/mol. The van der Waals surface area contributed by atoms with E-state index < -0.39 is 0 Å². The van der Waals surface area contributed by atoms with E-state index in [4.69, 9.17) is 5.73 Å². The van der Waals surface area contributed by atoms with Crippen LogP contribution in [0.2, 0.25) is 0 Å². The number of hydrogen-bond acceptors (Lipinski definition) is 3. The van der Waals surface area contributed by atoms with Crippen LogP contribution in [0.4, 0.5) is 0 Å². The summed E-state index contributed by atoms with van der Waals surface area (Å²) in [7, 11) is 0. The molecule has 0 radical (unpaired) electrons. The van der Waals surface area contributed by atoms with Gasteiger partial charge in [-0.2, -0.15) is 0 Å². The van der Waals surface area contributed by atoms with Crippen molar-refractivity contribution in [3.63, 3.8) is 0 Å². The molecule has 1 saturated carbocycles. The Hall–Kier alpha value is -0.120. The molecular formula is C15H33N3. The van der Waals surface area contributed by atoms with Crippen LogP contribution in [0.25, 0.3) is 0 Å². The molecule has 1 aliphatic rings. The Balaban J connectivity index is 2.08. The third kappa shape index (κ3) is 6.17. The molecule has 0 bridgehead atoms. The lowest BCUT2D eigenvalue weighted by molar-refractivity contribution is 0.236. The Morgan fingerprint density at radius 1 is 0.944 bits per heavy atom. The summed E-state index contributed by atoms with van der Waals surface area (Å²) in [5.41, 5.74) is 6.17. The Labute approximate surface area is 114 Å². The van der Waals surface area contributed by atoms with Crippen molar-refractivity contribution in [2.24, 2.45) is 11.7 Å². The van der Waals surface area contributed by atoms with Crippen LogP contribution in [0, 0.1) is 5.92 Å². The van der Waals surface area contributed by atoms with Gasteiger partial charge in [-0.25, -0.2) is 0 Å². The Morgan fingerprint density at radius 2 is 1.50 bits per heavy atom. The molecule has 0 aliphatic heterocycles. The van der Waals surface area contributed by atoms with E-state index in [0.717, 1.165) is 12.5 Å². The first-order chi connectivity index (χ1) is 8.71. The maximum atomic E-state index is 6.17. The molecule has 2 N–H and O–H groups in total. The summed E-state index contributed by atoms with van der Waals surface area (Å²) in [5.74, 6) is 0.847. The quantitative estimate of drug-likeness (QED) is 0.614. The van der Waals surface area contributed by atoms with Gasteiger partial charge in [0.05, 0.1) is 0 Å². The van der Waals surface area contributed by atoms with E-state index >= 15 is 0 Å². The molecular weight excluding hydrogens is 222 g/mol. The smallest absolute Gasteiger partial charge is 0.00793 e. The minimum Gasteiger partial charge on any atom is -0.327 e. The van der Waals surface area contributed by atoms with Crippen molar-refractivity contribution in [1.29, 1.82) is 0 Å². The van der Waals surface area contributed by atoms with E-state index in [-0.39, 0.29) is 0 Å². The lowest BCUT2D eigenvalue weighted by atomic mass is 10.1. The molecule has 0 heterocycles. The van der Waals surface area contributed by atoms with Crippen molar-refractivity contribution in [2.45, 2.75) is 52.5 Å². The van der Waals surface area contributed by atoms with Crippen LogP contribution in [0.15, 0.2) is 0 Å². The van der Waals surface area contributed by atoms with Gasteiger partial charge in [0.2, 0.25) is 0 Å². The SMILES string of the molecule is CCN(CC)CCCN(CC)CCC(N)C1CC1. The van der Waals surface area contributed by atoms with Crippen LogP contribution >= 0.6 is 0 Å². The topological polar surface area (TPSA) is 32.5 Å². The molecule has 3 heteroatoms. The molecule has 0 aromatic heterocycles. The fourth-order valence-corrected chi connectivity index (χ4v) is 2.58. The predicted octanol–water partition coefficient (Wildman–Crippen LogP) is 2.17. The molecule has 1 rings (SSSR count). The molecule has 0 amide bonds. The van der Waals surface area contributed by atoms with Gasteiger partial charge in [-0.15, -0.1) is 0 Å². The zero-order valence-electron chi connectivity index (χ0n) is 12.7. The number of rotatable bonds is 11. The third-order valence-corrected chi connectivity index (χ3v) is 4.30. The van der Waals surface area contributed by atoms with Gasteiger partial charge in [0, 0.05) is 6.04 Å². The van der Waals surface area contributed by atoms with Gasteiger partial charge in [0.1, 0.15) is 0 Å². The highest BCUT2D eigenvalue weighted by Gasteiger charge is 2.28. The summed E-state index contributed by atoms with van der Waals surface area (Å²) in [6.07, 6.45) is 5.21. The van der Waals surface area contributed by atoms with E-state index in [1.54, 1.807) is 0 Å². The second-order valence-electron chi connectivity index (χ2n) is 5.60. The molecule has 1 unspecified atom stereocenters. The monoisotopic (exact) mass is 255 g/mol. The first-order valence-corrected chi connectivity index (χ1v) is 7.91. The lowest BCUT2D eigenvalue weighted by Gasteiger charge is -2.24. The summed E-state index contributed by atoms with van der Waals surface area (Å²) in [6, 6.07) is 0.460. The minimum atomic E-state index is 0.460. The third-order valence-electron chi connectivity index (χ3n) is 4.30. The van der Waals surface area contributed by atoms with Crippen LogP contribution in [0.1, 0.15) is 46.5 Å². The molecule has 3 nitrogen and oxygen atoms in total. The Morgan fingerprint density at radius 3 is 2.00 bits per heavy atom. The van der Waals surface area contributed by atoms with Crippen molar-refractivity contribution in [2.75, 3.05) is 39.3 Å². The van der Waals surface area contributed by atoms with E-state index in [1.165, 1.54) is 58.4 Å². The van der Waals surface area contributed by atoms with Gasteiger partial charge in [-0.1, -0.05) is 20.8 Å². The summed E-state index contributed by atoms with van der Waals surface area (Å²) >= 11 is 0. The maximum absolute atomic E-state index is 6.17. The molecule has 0 aromatic carbocycles. The fraction of sp³-hybridized carbons (Fsp3) is 1.00. The van der Waals surface area contributed by atoms with Gasteiger partial charge in [0.15, 0.2) is 0 Å². The molecule has 108 valence electrons. The molecule has 0 aromatic rings. The Bertz CT molecular complexity index is 200. The largest absolute Gasteiger partial charge is 0.327 e. The van der Waals surface area contributed by atoms with Crippen LogP contribution in [-0.2, 0) is 0 Å². The van der Waals surface area contributed by atoms with Gasteiger partial charge >= 0.3 is 0 Å². The standard InChI is InChI=1S/C15H33N3/c1-4-17(5-2)11-7-12-18(6-3)13-10-15(16)14-8-9-14/h14-15H,4-13,16H2,1-3H3. The first-order valence-electron chi connectivity index (χ1n) is 7.91. The van der Waals surface area contributed by atoms with E-state index in [0.29, 0.717) is 6.04 Å².